The second-order valence-electron chi connectivity index (χ2n) is 7.31. The maximum Gasteiger partial charge on any atom is 0.317 e. The number of likely N-dealkylation sites (tertiary alicyclic amines) is 1. The lowest BCUT2D eigenvalue weighted by molar-refractivity contribution is 0.184. The van der Waals surface area contributed by atoms with Gasteiger partial charge < -0.3 is 20.5 Å². The van der Waals surface area contributed by atoms with Crippen LogP contribution in [0.5, 0.6) is 0 Å². The van der Waals surface area contributed by atoms with E-state index in [4.69, 9.17) is 0 Å². The van der Waals surface area contributed by atoms with Gasteiger partial charge in [-0.15, -0.1) is 5.10 Å². The number of aromatic nitrogens is 3. The minimum absolute atomic E-state index is 0.0227. The number of rotatable bonds is 5. The van der Waals surface area contributed by atoms with E-state index in [2.05, 4.69) is 50.9 Å². The zero-order valence-electron chi connectivity index (χ0n) is 16.1. The summed E-state index contributed by atoms with van der Waals surface area (Å²) in [5.41, 5.74) is 3.66. The van der Waals surface area contributed by atoms with E-state index in [1.54, 1.807) is 6.20 Å². The van der Waals surface area contributed by atoms with Crippen LogP contribution in [0.2, 0.25) is 0 Å². The Hall–Kier alpha value is -3.09. The third-order valence-corrected chi connectivity index (χ3v) is 5.37. The molecule has 0 spiro atoms. The molecule has 0 saturated carbocycles. The van der Waals surface area contributed by atoms with Crippen LogP contribution in [-0.4, -0.2) is 51.8 Å². The number of aryl methyl sites for hydroxylation is 1. The molecule has 0 aliphatic carbocycles. The Kier molecular flexibility index (Phi) is 5.41. The summed E-state index contributed by atoms with van der Waals surface area (Å²) in [7, 11) is 0. The third-order valence-electron chi connectivity index (χ3n) is 5.37. The Morgan fingerprint density at radius 3 is 2.89 bits per heavy atom. The fraction of sp³-hybridized carbons (Fsp3) is 0.381. The van der Waals surface area contributed by atoms with Crippen LogP contribution < -0.4 is 10.6 Å². The Morgan fingerprint density at radius 1 is 1.25 bits per heavy atom. The van der Waals surface area contributed by atoms with Crippen molar-refractivity contribution in [1.29, 1.82) is 0 Å². The molecule has 3 heterocycles. The van der Waals surface area contributed by atoms with Crippen molar-refractivity contribution in [3.8, 4) is 0 Å². The van der Waals surface area contributed by atoms with E-state index in [-0.39, 0.29) is 6.03 Å². The standard InChI is InChI=1S/C21H26N6O/c1-15-4-2-5-18-20(15)16(14-23-18)7-11-22-21(28)27-12-8-17(9-13-27)25-19-6-3-10-24-26-19/h2-6,10,14,17,23H,7-9,11-13H2,1H3,(H,22,28)(H,25,26). The van der Waals surface area contributed by atoms with Crippen LogP contribution in [0.15, 0.2) is 42.7 Å². The number of carbonyl (C=O) groups excluding carboxylic acids is 1. The third kappa shape index (κ3) is 4.08. The zero-order valence-corrected chi connectivity index (χ0v) is 16.1. The molecule has 0 atom stereocenters. The van der Waals surface area contributed by atoms with Crippen molar-refractivity contribution in [2.45, 2.75) is 32.2 Å². The number of piperidine rings is 1. The highest BCUT2D eigenvalue weighted by Crippen LogP contribution is 2.22. The van der Waals surface area contributed by atoms with Gasteiger partial charge in [0.05, 0.1) is 0 Å². The SMILES string of the molecule is Cc1cccc2[nH]cc(CCNC(=O)N3CCC(Nc4cccnn4)CC3)c12. The normalized spacial score (nSPS) is 15.0. The van der Waals surface area contributed by atoms with Crippen LogP contribution in [-0.2, 0) is 6.42 Å². The van der Waals surface area contributed by atoms with E-state index < -0.39 is 0 Å². The summed E-state index contributed by atoms with van der Waals surface area (Å²) in [5.74, 6) is 0.791. The topological polar surface area (TPSA) is 85.9 Å². The number of fused-ring (bicyclic) bond motifs is 1. The fourth-order valence-electron chi connectivity index (χ4n) is 3.88. The Labute approximate surface area is 164 Å². The van der Waals surface area contributed by atoms with Gasteiger partial charge in [0.15, 0.2) is 0 Å². The first-order chi connectivity index (χ1) is 13.7. The molecule has 1 saturated heterocycles. The second-order valence-corrected chi connectivity index (χ2v) is 7.31. The van der Waals surface area contributed by atoms with Crippen LogP contribution in [0.25, 0.3) is 10.9 Å². The predicted molar refractivity (Wildman–Crippen MR) is 110 cm³/mol. The molecule has 1 aromatic carbocycles. The van der Waals surface area contributed by atoms with Crippen LogP contribution >= 0.6 is 0 Å². The number of nitrogens with zero attached hydrogens (tertiary/aromatic N) is 3. The average Bonchev–Trinajstić information content (AvgIpc) is 3.14. The smallest absolute Gasteiger partial charge is 0.317 e. The van der Waals surface area contributed by atoms with Crippen molar-refractivity contribution in [2.24, 2.45) is 0 Å². The lowest BCUT2D eigenvalue weighted by Crippen LogP contribution is -2.47. The highest BCUT2D eigenvalue weighted by Gasteiger charge is 2.22. The summed E-state index contributed by atoms with van der Waals surface area (Å²) in [6.45, 7) is 4.25. The molecule has 0 unspecified atom stereocenters. The van der Waals surface area contributed by atoms with E-state index >= 15 is 0 Å². The van der Waals surface area contributed by atoms with Gasteiger partial charge in [-0.1, -0.05) is 12.1 Å². The first kappa shape index (κ1) is 18.3. The van der Waals surface area contributed by atoms with Crippen molar-refractivity contribution in [3.05, 3.63) is 53.9 Å². The van der Waals surface area contributed by atoms with Crippen molar-refractivity contribution in [2.75, 3.05) is 25.0 Å². The number of anilines is 1. The molecule has 3 N–H and O–H groups in total. The number of hydrogen-bond acceptors (Lipinski definition) is 4. The summed E-state index contributed by atoms with van der Waals surface area (Å²) in [4.78, 5) is 17.7. The number of urea groups is 1. The predicted octanol–water partition coefficient (Wildman–Crippen LogP) is 3.09. The van der Waals surface area contributed by atoms with Crippen LogP contribution in [0.4, 0.5) is 10.6 Å². The zero-order chi connectivity index (χ0) is 19.3. The summed E-state index contributed by atoms with van der Waals surface area (Å²) >= 11 is 0. The van der Waals surface area contributed by atoms with Gasteiger partial charge in [-0.25, -0.2) is 4.79 Å². The van der Waals surface area contributed by atoms with Crippen molar-refractivity contribution >= 4 is 22.8 Å². The van der Waals surface area contributed by atoms with Crippen LogP contribution in [0.3, 0.4) is 0 Å². The maximum atomic E-state index is 12.5. The van der Waals surface area contributed by atoms with Crippen molar-refractivity contribution in [1.82, 2.24) is 25.4 Å². The number of amides is 2. The molecule has 7 heteroatoms. The molecule has 28 heavy (non-hydrogen) atoms. The number of hydrogen-bond donors (Lipinski definition) is 3. The van der Waals surface area contributed by atoms with Gasteiger partial charge in [-0.2, -0.15) is 5.10 Å². The molecule has 1 aliphatic rings. The average molecular weight is 378 g/mol. The summed E-state index contributed by atoms with van der Waals surface area (Å²) < 4.78 is 0. The maximum absolute atomic E-state index is 12.5. The minimum Gasteiger partial charge on any atom is -0.366 e. The first-order valence-electron chi connectivity index (χ1n) is 9.83. The summed E-state index contributed by atoms with van der Waals surface area (Å²) in [5, 5.41) is 15.7. The molecule has 4 rings (SSSR count). The largest absolute Gasteiger partial charge is 0.366 e. The Balaban J connectivity index is 1.24. The quantitative estimate of drug-likeness (QED) is 0.637. The molecule has 0 radical (unpaired) electrons. The van der Waals surface area contributed by atoms with E-state index in [1.165, 1.54) is 16.5 Å². The molecule has 0 bridgehead atoms. The highest BCUT2D eigenvalue weighted by molar-refractivity contribution is 5.86. The number of nitrogens with one attached hydrogen (secondary N) is 3. The molecule has 7 nitrogen and oxygen atoms in total. The monoisotopic (exact) mass is 378 g/mol. The molecule has 2 aromatic heterocycles. The van der Waals surface area contributed by atoms with Gasteiger partial charge >= 0.3 is 6.03 Å². The van der Waals surface area contributed by atoms with Gasteiger partial charge in [-0.3, -0.25) is 0 Å². The Bertz CT molecular complexity index is 930. The molecule has 3 aromatic rings. The van der Waals surface area contributed by atoms with Gasteiger partial charge in [0, 0.05) is 49.0 Å². The fourth-order valence-corrected chi connectivity index (χ4v) is 3.88. The van der Waals surface area contributed by atoms with Crippen LogP contribution in [0, 0.1) is 6.92 Å². The molecule has 1 aliphatic heterocycles. The van der Waals surface area contributed by atoms with Crippen molar-refractivity contribution < 1.29 is 4.79 Å². The van der Waals surface area contributed by atoms with Crippen molar-refractivity contribution in [3.63, 3.8) is 0 Å². The summed E-state index contributed by atoms with van der Waals surface area (Å²) in [6, 6.07) is 10.4. The Morgan fingerprint density at radius 2 is 2.11 bits per heavy atom. The van der Waals surface area contributed by atoms with Gasteiger partial charge in [0.25, 0.3) is 0 Å². The molecule has 146 valence electrons. The van der Waals surface area contributed by atoms with E-state index in [0.717, 1.165) is 43.7 Å². The second kappa shape index (κ2) is 8.29. The van der Waals surface area contributed by atoms with Gasteiger partial charge in [-0.05, 0) is 55.5 Å². The van der Waals surface area contributed by atoms with E-state index in [9.17, 15) is 4.79 Å². The van der Waals surface area contributed by atoms with Gasteiger partial charge in [0.1, 0.15) is 5.82 Å². The number of H-pyrrole nitrogens is 1. The number of aromatic amines is 1. The molecule has 2 amide bonds. The first-order valence-corrected chi connectivity index (χ1v) is 9.83. The summed E-state index contributed by atoms with van der Waals surface area (Å²) in [6.07, 6.45) is 6.35. The minimum atomic E-state index is 0.0227. The molecular formula is C21H26N6O. The van der Waals surface area contributed by atoms with E-state index in [0.29, 0.717) is 12.6 Å². The lowest BCUT2D eigenvalue weighted by atomic mass is 10.1. The lowest BCUT2D eigenvalue weighted by Gasteiger charge is -2.32. The highest BCUT2D eigenvalue weighted by atomic mass is 16.2. The number of carbonyl (C=O) groups is 1. The van der Waals surface area contributed by atoms with Gasteiger partial charge in [0.2, 0.25) is 0 Å². The number of benzene rings is 1. The van der Waals surface area contributed by atoms with Crippen LogP contribution in [0.1, 0.15) is 24.0 Å². The molecular weight excluding hydrogens is 352 g/mol. The molecule has 1 fully saturated rings. The van der Waals surface area contributed by atoms with E-state index in [1.807, 2.05) is 23.2 Å².